The molecule has 0 aliphatic heterocycles. The zero-order valence-electron chi connectivity index (χ0n) is 19.2. The van der Waals surface area contributed by atoms with Crippen LogP contribution in [0.25, 0.3) is 11.3 Å². The van der Waals surface area contributed by atoms with Crippen LogP contribution in [0.4, 0.5) is 0 Å². The molecule has 0 N–H and O–H groups in total. The van der Waals surface area contributed by atoms with Crippen LogP contribution >= 0.6 is 0 Å². The second-order valence-corrected chi connectivity index (χ2v) is 8.44. The van der Waals surface area contributed by atoms with Gasteiger partial charge in [-0.2, -0.15) is 0 Å². The molecule has 0 aliphatic rings. The van der Waals surface area contributed by atoms with Gasteiger partial charge in [0, 0.05) is 18.2 Å². The molecule has 0 saturated carbocycles. The number of aryl methyl sites for hydroxylation is 1. The highest BCUT2D eigenvalue weighted by Gasteiger charge is 2.13. The molecule has 1 aromatic heterocycles. The van der Waals surface area contributed by atoms with E-state index in [1.54, 1.807) is 0 Å². The Kier molecular flexibility index (Phi) is 11.2. The van der Waals surface area contributed by atoms with E-state index in [2.05, 4.69) is 37.9 Å². The Morgan fingerprint density at radius 3 is 2.50 bits per heavy atom. The minimum Gasteiger partial charge on any atom is -0.426 e. The fraction of sp³-hybridized carbons (Fsp3) is 0.556. The summed E-state index contributed by atoms with van der Waals surface area (Å²) in [5, 5.41) is 0. The molecule has 1 atom stereocenters. The number of nitrogens with zero attached hydrogens (tertiary/aromatic N) is 1. The van der Waals surface area contributed by atoms with Gasteiger partial charge in [-0.25, -0.2) is 0 Å². The monoisotopic (exact) mass is 409 g/mol. The minimum absolute atomic E-state index is 0.165. The first-order valence-electron chi connectivity index (χ1n) is 11.9. The summed E-state index contributed by atoms with van der Waals surface area (Å²) < 4.78 is 5.70. The highest BCUT2D eigenvalue weighted by molar-refractivity contribution is 5.77. The van der Waals surface area contributed by atoms with Crippen molar-refractivity contribution in [1.29, 1.82) is 0 Å². The molecule has 0 spiro atoms. The Bertz CT molecular complexity index is 756. The van der Waals surface area contributed by atoms with Crippen LogP contribution in [0.1, 0.15) is 90.5 Å². The lowest BCUT2D eigenvalue weighted by atomic mass is 10.0. The summed E-state index contributed by atoms with van der Waals surface area (Å²) in [6.07, 6.45) is 14.5. The molecule has 0 bridgehead atoms. The number of pyridine rings is 1. The number of carbonyl (C=O) groups excluding carboxylic acids is 1. The van der Waals surface area contributed by atoms with Crippen molar-refractivity contribution in [3.63, 3.8) is 0 Å². The third kappa shape index (κ3) is 8.69. The van der Waals surface area contributed by atoms with Crippen molar-refractivity contribution < 1.29 is 9.53 Å². The van der Waals surface area contributed by atoms with Crippen molar-refractivity contribution in [2.45, 2.75) is 91.4 Å². The summed E-state index contributed by atoms with van der Waals surface area (Å²) in [5.74, 6) is 0.979. The first kappa shape index (κ1) is 24.1. The Morgan fingerprint density at radius 1 is 1.00 bits per heavy atom. The number of para-hydroxylation sites is 1. The first-order valence-corrected chi connectivity index (χ1v) is 11.9. The number of benzene rings is 1. The predicted octanol–water partition coefficient (Wildman–Crippen LogP) is 7.77. The van der Waals surface area contributed by atoms with Crippen molar-refractivity contribution >= 4 is 5.97 Å². The molecule has 164 valence electrons. The number of hydrogen-bond acceptors (Lipinski definition) is 3. The van der Waals surface area contributed by atoms with E-state index in [-0.39, 0.29) is 5.97 Å². The van der Waals surface area contributed by atoms with Gasteiger partial charge < -0.3 is 4.74 Å². The minimum atomic E-state index is -0.165. The van der Waals surface area contributed by atoms with Crippen LogP contribution in [0.3, 0.4) is 0 Å². The second-order valence-electron chi connectivity index (χ2n) is 8.44. The smallest absolute Gasteiger partial charge is 0.311 e. The van der Waals surface area contributed by atoms with Gasteiger partial charge in [0.15, 0.2) is 0 Å². The van der Waals surface area contributed by atoms with Crippen molar-refractivity contribution in [2.75, 3.05) is 0 Å². The standard InChI is InChI=1S/C27H39NO2/c1-4-6-7-8-9-10-11-14-23-19-20-28-25(21-23)24-15-12-13-16-26(24)30-27(29)18-17-22(3)5-2/h12-13,15-16,19-22H,4-11,14,17-18H2,1-3H3. The molecule has 2 aromatic rings. The van der Waals surface area contributed by atoms with Crippen LogP contribution in [0, 0.1) is 5.92 Å². The maximum Gasteiger partial charge on any atom is 0.311 e. The van der Waals surface area contributed by atoms with E-state index >= 15 is 0 Å². The lowest BCUT2D eigenvalue weighted by molar-refractivity contribution is -0.134. The Labute approximate surface area is 183 Å². The van der Waals surface area contributed by atoms with E-state index in [0.717, 1.165) is 30.5 Å². The van der Waals surface area contributed by atoms with E-state index in [1.165, 1.54) is 50.5 Å². The number of hydrogen-bond donors (Lipinski definition) is 0. The average molecular weight is 410 g/mol. The fourth-order valence-electron chi connectivity index (χ4n) is 3.57. The van der Waals surface area contributed by atoms with Gasteiger partial charge in [-0.3, -0.25) is 9.78 Å². The van der Waals surface area contributed by atoms with Crippen LogP contribution in [0.2, 0.25) is 0 Å². The molecular formula is C27H39NO2. The van der Waals surface area contributed by atoms with Crippen molar-refractivity contribution in [3.05, 3.63) is 48.2 Å². The molecular weight excluding hydrogens is 370 g/mol. The third-order valence-electron chi connectivity index (χ3n) is 5.82. The quantitative estimate of drug-likeness (QED) is 0.182. The van der Waals surface area contributed by atoms with Crippen LogP contribution in [0.5, 0.6) is 5.75 Å². The maximum atomic E-state index is 12.3. The lowest BCUT2D eigenvalue weighted by Gasteiger charge is -2.12. The van der Waals surface area contributed by atoms with Crippen LogP contribution in [-0.4, -0.2) is 11.0 Å². The number of unbranched alkanes of at least 4 members (excludes halogenated alkanes) is 6. The molecule has 1 unspecified atom stereocenters. The van der Waals surface area contributed by atoms with Gasteiger partial charge >= 0.3 is 5.97 Å². The highest BCUT2D eigenvalue weighted by atomic mass is 16.5. The predicted molar refractivity (Wildman–Crippen MR) is 126 cm³/mol. The van der Waals surface area contributed by atoms with Gasteiger partial charge in [-0.15, -0.1) is 0 Å². The van der Waals surface area contributed by atoms with Gasteiger partial charge in [0.2, 0.25) is 0 Å². The van der Waals surface area contributed by atoms with E-state index in [1.807, 2.05) is 30.5 Å². The summed E-state index contributed by atoms with van der Waals surface area (Å²) in [5.41, 5.74) is 3.06. The second kappa shape index (κ2) is 14.0. The van der Waals surface area contributed by atoms with E-state index in [9.17, 15) is 4.79 Å². The molecule has 0 radical (unpaired) electrons. The zero-order chi connectivity index (χ0) is 21.6. The molecule has 1 aromatic carbocycles. The number of carbonyl (C=O) groups is 1. The molecule has 0 amide bonds. The third-order valence-corrected chi connectivity index (χ3v) is 5.82. The summed E-state index contributed by atoms with van der Waals surface area (Å²) >= 11 is 0. The lowest BCUT2D eigenvalue weighted by Crippen LogP contribution is -2.10. The van der Waals surface area contributed by atoms with Crippen molar-refractivity contribution in [3.8, 4) is 17.0 Å². The number of rotatable bonds is 14. The molecule has 3 heteroatoms. The van der Waals surface area contributed by atoms with E-state index in [0.29, 0.717) is 18.1 Å². The summed E-state index contributed by atoms with van der Waals surface area (Å²) in [7, 11) is 0. The Balaban J connectivity index is 1.94. The van der Waals surface area contributed by atoms with Gasteiger partial charge in [0.25, 0.3) is 0 Å². The molecule has 0 saturated heterocycles. The van der Waals surface area contributed by atoms with E-state index in [4.69, 9.17) is 4.74 Å². The van der Waals surface area contributed by atoms with Gasteiger partial charge in [-0.1, -0.05) is 77.8 Å². The fourth-order valence-corrected chi connectivity index (χ4v) is 3.57. The molecule has 0 fully saturated rings. The zero-order valence-corrected chi connectivity index (χ0v) is 19.2. The average Bonchev–Trinajstić information content (AvgIpc) is 2.77. The number of ether oxygens (including phenoxy) is 1. The summed E-state index contributed by atoms with van der Waals surface area (Å²) in [4.78, 5) is 16.9. The molecule has 3 nitrogen and oxygen atoms in total. The SMILES string of the molecule is CCCCCCCCCc1ccnc(-c2ccccc2OC(=O)CCC(C)CC)c1. The summed E-state index contributed by atoms with van der Waals surface area (Å²) in [6.45, 7) is 6.57. The maximum absolute atomic E-state index is 12.3. The van der Waals surface area contributed by atoms with Crippen molar-refractivity contribution in [1.82, 2.24) is 4.98 Å². The normalized spacial score (nSPS) is 12.0. The summed E-state index contributed by atoms with van der Waals surface area (Å²) in [6, 6.07) is 12.0. The van der Waals surface area contributed by atoms with Gasteiger partial charge in [0.1, 0.15) is 5.75 Å². The molecule has 2 rings (SSSR count). The molecule has 0 aliphatic carbocycles. The largest absolute Gasteiger partial charge is 0.426 e. The molecule has 30 heavy (non-hydrogen) atoms. The molecule has 1 heterocycles. The van der Waals surface area contributed by atoms with Crippen LogP contribution in [-0.2, 0) is 11.2 Å². The Hall–Kier alpha value is -2.16. The highest BCUT2D eigenvalue weighted by Crippen LogP contribution is 2.29. The van der Waals surface area contributed by atoms with Gasteiger partial charge in [-0.05, 0) is 55.0 Å². The van der Waals surface area contributed by atoms with Crippen LogP contribution < -0.4 is 4.74 Å². The first-order chi connectivity index (χ1) is 14.6. The van der Waals surface area contributed by atoms with Gasteiger partial charge in [0.05, 0.1) is 5.69 Å². The number of esters is 1. The van der Waals surface area contributed by atoms with E-state index < -0.39 is 0 Å². The van der Waals surface area contributed by atoms with Crippen LogP contribution in [0.15, 0.2) is 42.6 Å². The Morgan fingerprint density at radius 2 is 1.73 bits per heavy atom. The number of aromatic nitrogens is 1. The topological polar surface area (TPSA) is 39.2 Å². The van der Waals surface area contributed by atoms with Crippen molar-refractivity contribution in [2.24, 2.45) is 5.92 Å².